The van der Waals surface area contributed by atoms with Crippen LogP contribution in [-0.2, 0) is 4.79 Å². The molecule has 0 spiro atoms. The number of piperidine rings is 1. The molecule has 2 aromatic rings. The van der Waals surface area contributed by atoms with Crippen molar-refractivity contribution in [1.82, 2.24) is 4.90 Å². The molecular formula is C28H33Cl2NO2. The number of halogens is 2. The Balaban J connectivity index is 1.92. The van der Waals surface area contributed by atoms with E-state index in [1.165, 1.54) is 0 Å². The zero-order valence-electron chi connectivity index (χ0n) is 19.4. The molecule has 5 heteroatoms. The highest BCUT2D eigenvalue weighted by Gasteiger charge is 2.54. The van der Waals surface area contributed by atoms with Gasteiger partial charge in [0.2, 0.25) is 5.91 Å². The second-order valence-corrected chi connectivity index (χ2v) is 10.8. The summed E-state index contributed by atoms with van der Waals surface area (Å²) in [7, 11) is 0. The molecule has 1 aliphatic heterocycles. The molecule has 0 radical (unpaired) electrons. The van der Waals surface area contributed by atoms with Crippen molar-refractivity contribution in [2.75, 3.05) is 0 Å². The smallest absolute Gasteiger partial charge is 0.229 e. The van der Waals surface area contributed by atoms with Gasteiger partial charge >= 0.3 is 0 Å². The summed E-state index contributed by atoms with van der Waals surface area (Å²) < 4.78 is 0. The van der Waals surface area contributed by atoms with E-state index in [-0.39, 0.29) is 23.9 Å². The third kappa shape index (κ3) is 4.87. The van der Waals surface area contributed by atoms with Gasteiger partial charge in [-0.1, -0.05) is 67.4 Å². The molecule has 33 heavy (non-hydrogen) atoms. The third-order valence-corrected chi connectivity index (χ3v) is 7.91. The second-order valence-electron chi connectivity index (χ2n) is 9.93. The van der Waals surface area contributed by atoms with Gasteiger partial charge in [0.1, 0.15) is 0 Å². The van der Waals surface area contributed by atoms with Crippen LogP contribution in [0.2, 0.25) is 10.0 Å². The Labute approximate surface area is 207 Å². The Kier molecular flexibility index (Phi) is 7.23. The quantitative estimate of drug-likeness (QED) is 0.402. The average Bonchev–Trinajstić information content (AvgIpc) is 3.63. The molecule has 1 amide bonds. The van der Waals surface area contributed by atoms with Gasteiger partial charge in [-0.15, -0.1) is 6.58 Å². The molecule has 1 saturated carbocycles. The predicted molar refractivity (Wildman–Crippen MR) is 136 cm³/mol. The zero-order valence-corrected chi connectivity index (χ0v) is 20.9. The van der Waals surface area contributed by atoms with E-state index in [1.807, 2.05) is 67.3 Å². The first kappa shape index (κ1) is 24.3. The largest absolute Gasteiger partial charge is 0.391 e. The third-order valence-electron chi connectivity index (χ3n) is 7.42. The van der Waals surface area contributed by atoms with E-state index < -0.39 is 11.5 Å². The standard InChI is InChI=1S/C28H33Cl2NO2/c1-4-15-28(3)17-23(20-7-6-8-22(30)16-20)25(18-11-13-21(29)14-12-18)31(27(28)33)26(19-9-10-19)24(32)5-2/h4,6-8,11-14,16,19,23-26,32H,1,5,9-10,15,17H2,2-3H3/t23?,24-,25+,26-,28-/m0/s1. The first-order chi connectivity index (χ1) is 15.8. The number of hydrogen-bond donors (Lipinski definition) is 1. The molecule has 1 aliphatic carbocycles. The van der Waals surface area contributed by atoms with E-state index in [9.17, 15) is 9.90 Å². The summed E-state index contributed by atoms with van der Waals surface area (Å²) in [5.74, 6) is 0.452. The van der Waals surface area contributed by atoms with Gasteiger partial charge in [0.15, 0.2) is 0 Å². The minimum Gasteiger partial charge on any atom is -0.391 e. The van der Waals surface area contributed by atoms with Crippen molar-refractivity contribution in [3.63, 3.8) is 0 Å². The fourth-order valence-corrected chi connectivity index (χ4v) is 5.95. The molecule has 4 rings (SSSR count). The van der Waals surface area contributed by atoms with Crippen LogP contribution in [0.15, 0.2) is 61.2 Å². The first-order valence-corrected chi connectivity index (χ1v) is 12.7. The second kappa shape index (κ2) is 9.82. The van der Waals surface area contributed by atoms with Gasteiger partial charge in [0.25, 0.3) is 0 Å². The number of carbonyl (C=O) groups excluding carboxylic acids is 1. The van der Waals surface area contributed by atoms with Crippen molar-refractivity contribution < 1.29 is 9.90 Å². The first-order valence-electron chi connectivity index (χ1n) is 11.9. The van der Waals surface area contributed by atoms with Crippen LogP contribution >= 0.6 is 23.2 Å². The fourth-order valence-electron chi connectivity index (χ4n) is 5.62. The molecule has 1 unspecified atom stereocenters. The maximum absolute atomic E-state index is 14.2. The molecule has 176 valence electrons. The number of rotatable bonds is 8. The van der Waals surface area contributed by atoms with Gasteiger partial charge in [-0.05, 0) is 73.4 Å². The van der Waals surface area contributed by atoms with Crippen molar-refractivity contribution in [3.8, 4) is 0 Å². The van der Waals surface area contributed by atoms with Gasteiger partial charge in [0.05, 0.1) is 23.6 Å². The Morgan fingerprint density at radius 3 is 2.42 bits per heavy atom. The van der Waals surface area contributed by atoms with Crippen molar-refractivity contribution in [2.45, 2.75) is 70.1 Å². The average molecular weight is 486 g/mol. The van der Waals surface area contributed by atoms with Crippen molar-refractivity contribution >= 4 is 29.1 Å². The van der Waals surface area contributed by atoms with Crippen LogP contribution in [-0.4, -0.2) is 28.1 Å². The van der Waals surface area contributed by atoms with Gasteiger partial charge < -0.3 is 10.0 Å². The maximum atomic E-state index is 14.2. The Hall–Kier alpha value is -1.81. The van der Waals surface area contributed by atoms with Crippen molar-refractivity contribution in [2.24, 2.45) is 11.3 Å². The number of allylic oxidation sites excluding steroid dienone is 1. The summed E-state index contributed by atoms with van der Waals surface area (Å²) in [6.07, 6.45) is 5.24. The fraction of sp³-hybridized carbons (Fsp3) is 0.464. The Morgan fingerprint density at radius 1 is 1.15 bits per heavy atom. The number of amides is 1. The van der Waals surface area contributed by atoms with Crippen molar-refractivity contribution in [3.05, 3.63) is 82.4 Å². The highest BCUT2D eigenvalue weighted by molar-refractivity contribution is 6.30. The van der Waals surface area contributed by atoms with Gasteiger partial charge in [-0.3, -0.25) is 4.79 Å². The molecule has 2 aliphatic rings. The van der Waals surface area contributed by atoms with E-state index >= 15 is 0 Å². The molecule has 2 aromatic carbocycles. The molecule has 0 aromatic heterocycles. The van der Waals surface area contributed by atoms with Gasteiger partial charge in [-0.25, -0.2) is 0 Å². The van der Waals surface area contributed by atoms with Crippen LogP contribution in [0.5, 0.6) is 0 Å². The van der Waals surface area contributed by atoms with E-state index in [1.54, 1.807) is 0 Å². The van der Waals surface area contributed by atoms with Gasteiger partial charge in [-0.2, -0.15) is 0 Å². The number of aliphatic hydroxyl groups is 1. The van der Waals surface area contributed by atoms with Gasteiger partial charge in [0, 0.05) is 16.0 Å². The molecular weight excluding hydrogens is 453 g/mol. The predicted octanol–water partition coefficient (Wildman–Crippen LogP) is 7.18. The summed E-state index contributed by atoms with van der Waals surface area (Å²) in [5, 5.41) is 12.5. The number of carbonyl (C=O) groups is 1. The lowest BCUT2D eigenvalue weighted by atomic mass is 9.66. The molecule has 2 fully saturated rings. The van der Waals surface area contributed by atoms with E-state index in [0.29, 0.717) is 35.2 Å². The number of hydrogen-bond acceptors (Lipinski definition) is 2. The lowest BCUT2D eigenvalue weighted by Gasteiger charge is -2.53. The van der Waals surface area contributed by atoms with Crippen LogP contribution in [0.25, 0.3) is 0 Å². The molecule has 1 saturated heterocycles. The van der Waals surface area contributed by atoms with E-state index in [2.05, 4.69) is 12.6 Å². The Morgan fingerprint density at radius 2 is 1.85 bits per heavy atom. The van der Waals surface area contributed by atoms with Crippen LogP contribution in [0.4, 0.5) is 0 Å². The molecule has 1 N–H and O–H groups in total. The van der Waals surface area contributed by atoms with Crippen molar-refractivity contribution in [1.29, 1.82) is 0 Å². The molecule has 0 bridgehead atoms. The number of aliphatic hydroxyl groups excluding tert-OH is 1. The maximum Gasteiger partial charge on any atom is 0.229 e. The summed E-state index contributed by atoms with van der Waals surface area (Å²) in [5.41, 5.74) is 1.54. The Bertz CT molecular complexity index is 1000. The normalized spacial score (nSPS) is 27.3. The molecule has 5 atom stereocenters. The van der Waals surface area contributed by atoms with Crippen LogP contribution in [0.1, 0.15) is 69.0 Å². The molecule has 3 nitrogen and oxygen atoms in total. The number of likely N-dealkylation sites (tertiary alicyclic amines) is 1. The van der Waals surface area contributed by atoms with Crippen LogP contribution in [0, 0.1) is 11.3 Å². The minimum atomic E-state index is -0.599. The highest BCUT2D eigenvalue weighted by Crippen LogP contribution is 2.54. The highest BCUT2D eigenvalue weighted by atomic mass is 35.5. The zero-order chi connectivity index (χ0) is 23.8. The van der Waals surface area contributed by atoms with Crippen LogP contribution in [0.3, 0.4) is 0 Å². The summed E-state index contributed by atoms with van der Waals surface area (Å²) >= 11 is 12.6. The topological polar surface area (TPSA) is 40.5 Å². The lowest BCUT2D eigenvalue weighted by molar-refractivity contribution is -0.159. The number of nitrogens with zero attached hydrogens (tertiary/aromatic N) is 1. The lowest BCUT2D eigenvalue weighted by Crippen LogP contribution is -2.59. The van der Waals surface area contributed by atoms with E-state index in [4.69, 9.17) is 23.2 Å². The summed E-state index contributed by atoms with van der Waals surface area (Å²) in [4.78, 5) is 16.3. The van der Waals surface area contributed by atoms with E-state index in [0.717, 1.165) is 24.0 Å². The summed E-state index contributed by atoms with van der Waals surface area (Å²) in [6.45, 7) is 7.98. The minimum absolute atomic E-state index is 0.0258. The monoisotopic (exact) mass is 485 g/mol. The molecule has 1 heterocycles. The van der Waals surface area contributed by atoms with Crippen LogP contribution < -0.4 is 0 Å². The summed E-state index contributed by atoms with van der Waals surface area (Å²) in [6, 6.07) is 15.3. The SMILES string of the molecule is C=CC[C@@]1(C)CC(c2cccc(Cl)c2)[C@@H](c2ccc(Cl)cc2)N([C@@H](C2CC2)[C@@H](O)CC)C1=O. The number of benzene rings is 2.